The van der Waals surface area contributed by atoms with Gasteiger partial charge in [0.2, 0.25) is 5.70 Å². The summed E-state index contributed by atoms with van der Waals surface area (Å²) in [6, 6.07) is 0.0285. The van der Waals surface area contributed by atoms with E-state index in [9.17, 15) is 14.4 Å². The number of hydrogen-bond donors (Lipinski definition) is 1. The van der Waals surface area contributed by atoms with Crippen LogP contribution in [0.15, 0.2) is 23.4 Å². The molecule has 0 spiro atoms. The van der Waals surface area contributed by atoms with Crippen LogP contribution in [0.1, 0.15) is 113 Å². The summed E-state index contributed by atoms with van der Waals surface area (Å²) < 4.78 is 0. The zero-order valence-corrected chi connectivity index (χ0v) is 26.8. The first-order chi connectivity index (χ1) is 19.5. The minimum Gasteiger partial charge on any atom is -0.332 e. The summed E-state index contributed by atoms with van der Waals surface area (Å²) in [6.45, 7) is 24.8. The Bertz CT molecular complexity index is 1330. The second-order valence-electron chi connectivity index (χ2n) is 16.4. The SMILES string of the molecule is [C-]#[N+]C1=C[C@]2(C)C3=CC(=O)[C]4[C]5CC(C)(C)CC[C@]5(NC(=O)N5CCCCC5)CC[C@@]4(C)[C@]3(C)CC[C@H]2C(C)(C)C1=O. The van der Waals surface area contributed by atoms with Crippen molar-refractivity contribution in [2.75, 3.05) is 13.1 Å². The maximum atomic E-state index is 14.6. The van der Waals surface area contributed by atoms with Crippen molar-refractivity contribution < 1.29 is 14.4 Å². The molecule has 1 N–H and O–H groups in total. The van der Waals surface area contributed by atoms with E-state index in [2.05, 4.69) is 44.8 Å². The molecule has 0 aromatic rings. The maximum Gasteiger partial charge on any atom is 0.317 e. The monoisotopic (exact) mass is 571 g/mol. The van der Waals surface area contributed by atoms with Gasteiger partial charge in [-0.25, -0.2) is 9.64 Å². The molecule has 2 amide bonds. The summed E-state index contributed by atoms with van der Waals surface area (Å²) in [4.78, 5) is 47.3. The number of likely N-dealkylation sites (tertiary alicyclic amines) is 1. The molecule has 0 aromatic heterocycles. The predicted molar refractivity (Wildman–Crippen MR) is 164 cm³/mol. The smallest absolute Gasteiger partial charge is 0.317 e. The Balaban J connectivity index is 1.45. The van der Waals surface area contributed by atoms with Gasteiger partial charge in [0.15, 0.2) is 11.6 Å². The Hall–Kier alpha value is -2.42. The number of hydrogen-bond acceptors (Lipinski definition) is 3. The Labute approximate surface area is 252 Å². The number of ketones is 2. The highest BCUT2D eigenvalue weighted by molar-refractivity contribution is 6.08. The van der Waals surface area contributed by atoms with Gasteiger partial charge in [-0.1, -0.05) is 60.1 Å². The van der Waals surface area contributed by atoms with E-state index in [-0.39, 0.29) is 45.5 Å². The summed E-state index contributed by atoms with van der Waals surface area (Å²) in [5, 5.41) is 3.55. The molecule has 0 unspecified atom stereocenters. The number of carbonyl (C=O) groups excluding carboxylic acids is 3. The van der Waals surface area contributed by atoms with Crippen molar-refractivity contribution in [1.29, 1.82) is 0 Å². The molecular formula is C36H49N3O3. The minimum atomic E-state index is -0.665. The van der Waals surface area contributed by atoms with Crippen molar-refractivity contribution >= 4 is 17.6 Å². The number of Topliss-reactive ketones (excluding diaryl/α,β-unsaturated/α-hetero) is 1. The van der Waals surface area contributed by atoms with E-state index in [1.54, 1.807) is 0 Å². The van der Waals surface area contributed by atoms with Gasteiger partial charge in [-0.05, 0) is 92.4 Å². The molecule has 6 aliphatic rings. The van der Waals surface area contributed by atoms with Crippen LogP contribution in [0.3, 0.4) is 0 Å². The van der Waals surface area contributed by atoms with Gasteiger partial charge in [-0.15, -0.1) is 0 Å². The molecule has 226 valence electrons. The Morgan fingerprint density at radius 1 is 0.929 bits per heavy atom. The molecule has 6 rings (SSSR count). The maximum absolute atomic E-state index is 14.6. The fraction of sp³-hybridized carbons (Fsp3) is 0.722. The van der Waals surface area contributed by atoms with Crippen LogP contribution < -0.4 is 5.32 Å². The average Bonchev–Trinajstić information content (AvgIpc) is 2.93. The third kappa shape index (κ3) is 3.90. The van der Waals surface area contributed by atoms with E-state index in [0.717, 1.165) is 82.4 Å². The van der Waals surface area contributed by atoms with Crippen molar-refractivity contribution in [3.8, 4) is 0 Å². The summed E-state index contributed by atoms with van der Waals surface area (Å²) >= 11 is 0. The van der Waals surface area contributed by atoms with Gasteiger partial charge < -0.3 is 15.0 Å². The lowest BCUT2D eigenvalue weighted by molar-refractivity contribution is -0.133. The number of nitrogens with one attached hydrogen (secondary N) is 1. The van der Waals surface area contributed by atoms with E-state index in [4.69, 9.17) is 6.57 Å². The molecule has 6 heteroatoms. The summed E-state index contributed by atoms with van der Waals surface area (Å²) in [7, 11) is 0. The molecule has 6 nitrogen and oxygen atoms in total. The number of allylic oxidation sites excluding steroid dienone is 4. The summed E-state index contributed by atoms with van der Waals surface area (Å²) in [5.41, 5.74) is -0.998. The van der Waals surface area contributed by atoms with Crippen molar-refractivity contribution in [3.05, 3.63) is 46.7 Å². The fourth-order valence-electron chi connectivity index (χ4n) is 10.5. The highest BCUT2D eigenvalue weighted by Crippen LogP contribution is 2.74. The number of nitrogens with zero attached hydrogens (tertiary/aromatic N) is 2. The van der Waals surface area contributed by atoms with Gasteiger partial charge in [0, 0.05) is 35.4 Å². The van der Waals surface area contributed by atoms with Gasteiger partial charge in [-0.3, -0.25) is 4.79 Å². The van der Waals surface area contributed by atoms with Crippen molar-refractivity contribution in [2.45, 2.75) is 118 Å². The van der Waals surface area contributed by atoms with Crippen molar-refractivity contribution in [2.24, 2.45) is 33.0 Å². The van der Waals surface area contributed by atoms with E-state index in [0.29, 0.717) is 0 Å². The number of piperidine rings is 1. The normalized spacial score (nSPS) is 41.3. The van der Waals surface area contributed by atoms with Crippen LogP contribution in [-0.4, -0.2) is 41.1 Å². The van der Waals surface area contributed by atoms with Crippen LogP contribution in [0.4, 0.5) is 4.79 Å². The van der Waals surface area contributed by atoms with E-state index in [1.165, 1.54) is 12.3 Å². The first-order valence-electron chi connectivity index (χ1n) is 16.3. The highest BCUT2D eigenvalue weighted by atomic mass is 16.2. The number of fused-ring (bicyclic) bond motifs is 7. The standard InChI is InChI=1S/C36H49N3O3/c1-31(2)14-16-36(38-30(42)39-18-10-9-11-19-39)17-15-35(7)28(23(36)21-31)25(40)20-27-33(5)22-24(37-8)29(41)32(3,4)26(33)12-13-34(27,35)6/h20,22,26H,9-19,21H2,1-7H3,(H,38,42)/t26-,33-,34+,35+,36-/m0/s1. The minimum absolute atomic E-state index is 0.0285. The molecule has 4 fully saturated rings. The number of amides is 2. The van der Waals surface area contributed by atoms with Gasteiger partial charge in [0.1, 0.15) is 0 Å². The molecule has 5 atom stereocenters. The van der Waals surface area contributed by atoms with Crippen LogP contribution in [-0.2, 0) is 9.59 Å². The average molecular weight is 572 g/mol. The topological polar surface area (TPSA) is 70.8 Å². The first-order valence-corrected chi connectivity index (χ1v) is 16.3. The lowest BCUT2D eigenvalue weighted by atomic mass is 9.35. The molecular weight excluding hydrogens is 522 g/mol. The highest BCUT2D eigenvalue weighted by Gasteiger charge is 2.70. The third-order valence-electron chi connectivity index (χ3n) is 13.2. The molecule has 0 bridgehead atoms. The van der Waals surface area contributed by atoms with Gasteiger partial charge >= 0.3 is 6.03 Å². The summed E-state index contributed by atoms with van der Waals surface area (Å²) in [5.74, 6) is 2.14. The van der Waals surface area contributed by atoms with Gasteiger partial charge in [-0.2, -0.15) is 0 Å². The van der Waals surface area contributed by atoms with E-state index in [1.807, 2.05) is 30.9 Å². The summed E-state index contributed by atoms with van der Waals surface area (Å²) in [6.07, 6.45) is 13.2. The molecule has 1 saturated heterocycles. The number of urea groups is 1. The molecule has 2 radical (unpaired) electrons. The Kier molecular flexibility index (Phi) is 6.56. The van der Waals surface area contributed by atoms with E-state index < -0.39 is 16.4 Å². The largest absolute Gasteiger partial charge is 0.332 e. The first kappa shape index (κ1) is 29.6. The molecule has 5 aliphatic carbocycles. The molecule has 42 heavy (non-hydrogen) atoms. The molecule has 0 aromatic carbocycles. The van der Waals surface area contributed by atoms with Crippen LogP contribution >= 0.6 is 0 Å². The zero-order chi connectivity index (χ0) is 30.5. The van der Waals surface area contributed by atoms with Crippen LogP contribution in [0.2, 0.25) is 0 Å². The Morgan fingerprint density at radius 2 is 1.60 bits per heavy atom. The van der Waals surface area contributed by atoms with Crippen LogP contribution in [0, 0.1) is 51.4 Å². The van der Waals surface area contributed by atoms with Crippen LogP contribution in [0.25, 0.3) is 4.85 Å². The lowest BCUT2D eigenvalue weighted by Crippen LogP contribution is -2.69. The third-order valence-corrected chi connectivity index (χ3v) is 13.2. The van der Waals surface area contributed by atoms with Gasteiger partial charge in [0.05, 0.1) is 12.5 Å². The second kappa shape index (κ2) is 9.29. The second-order valence-corrected chi connectivity index (χ2v) is 16.4. The van der Waals surface area contributed by atoms with Crippen molar-refractivity contribution in [3.63, 3.8) is 0 Å². The number of rotatable bonds is 1. The molecule has 1 aliphatic heterocycles. The zero-order valence-electron chi connectivity index (χ0n) is 26.8. The van der Waals surface area contributed by atoms with E-state index >= 15 is 0 Å². The molecule has 1 heterocycles. The lowest BCUT2D eigenvalue weighted by Gasteiger charge is -2.69. The molecule has 3 saturated carbocycles. The quantitative estimate of drug-likeness (QED) is 0.333. The number of carbonyl (C=O) groups is 3. The predicted octanol–water partition coefficient (Wildman–Crippen LogP) is 7.42. The van der Waals surface area contributed by atoms with Crippen LogP contribution in [0.5, 0.6) is 0 Å². The van der Waals surface area contributed by atoms with Crippen molar-refractivity contribution in [1.82, 2.24) is 10.2 Å². The Morgan fingerprint density at radius 3 is 2.26 bits per heavy atom. The fourth-order valence-corrected chi connectivity index (χ4v) is 10.5. The van der Waals surface area contributed by atoms with Gasteiger partial charge in [0.25, 0.3) is 0 Å².